The van der Waals surface area contributed by atoms with Crippen LogP contribution in [0.2, 0.25) is 0 Å². The van der Waals surface area contributed by atoms with Gasteiger partial charge in [-0.05, 0) is 37.1 Å². The Labute approximate surface area is 139 Å². The summed E-state index contributed by atoms with van der Waals surface area (Å²) in [5.41, 5.74) is 8.35. The Kier molecular flexibility index (Phi) is 4.07. The second kappa shape index (κ2) is 6.19. The zero-order chi connectivity index (χ0) is 17.3. The number of amides is 2. The maximum atomic E-state index is 12.4. The Morgan fingerprint density at radius 1 is 1.29 bits per heavy atom. The highest BCUT2D eigenvalue weighted by Gasteiger charge is 2.29. The minimum Gasteiger partial charge on any atom is -0.480 e. The molecule has 0 spiro atoms. The number of hydrogen-bond donors (Lipinski definition) is 2. The maximum Gasteiger partial charge on any atom is 0.266 e. The summed E-state index contributed by atoms with van der Waals surface area (Å²) in [5, 5.41) is 2.86. The number of nitrogen functional groups attached to an aromatic ring is 1. The van der Waals surface area contributed by atoms with Gasteiger partial charge in [0.25, 0.3) is 5.91 Å². The third-order valence-corrected chi connectivity index (χ3v) is 3.82. The van der Waals surface area contributed by atoms with Gasteiger partial charge in [0.15, 0.2) is 18.2 Å². The van der Waals surface area contributed by atoms with Crippen LogP contribution in [0.5, 0.6) is 5.75 Å². The highest BCUT2D eigenvalue weighted by atomic mass is 16.5. The van der Waals surface area contributed by atoms with Crippen LogP contribution >= 0.6 is 0 Å². The second-order valence-electron chi connectivity index (χ2n) is 5.64. The van der Waals surface area contributed by atoms with Gasteiger partial charge in [0.2, 0.25) is 5.91 Å². The van der Waals surface area contributed by atoms with Gasteiger partial charge >= 0.3 is 0 Å². The first kappa shape index (κ1) is 15.8. The smallest absolute Gasteiger partial charge is 0.266 e. The van der Waals surface area contributed by atoms with Crippen molar-refractivity contribution >= 4 is 29.1 Å². The number of ether oxygens (including phenoxy) is 1. The summed E-state index contributed by atoms with van der Waals surface area (Å²) < 4.78 is 5.32. The molecule has 1 aromatic carbocycles. The van der Waals surface area contributed by atoms with E-state index in [-0.39, 0.29) is 36.6 Å². The second-order valence-corrected chi connectivity index (χ2v) is 5.64. The Morgan fingerprint density at radius 3 is 2.71 bits per heavy atom. The molecule has 0 radical (unpaired) electrons. The molecule has 124 valence electrons. The molecule has 0 aliphatic carbocycles. The fourth-order valence-electron chi connectivity index (χ4n) is 2.59. The van der Waals surface area contributed by atoms with Crippen molar-refractivity contribution in [3.8, 4) is 5.75 Å². The molecular weight excluding hydrogens is 308 g/mol. The zero-order valence-electron chi connectivity index (χ0n) is 13.5. The number of aryl methyl sites for hydroxylation is 2. The number of nitrogens with zero attached hydrogens (tertiary/aromatic N) is 2. The van der Waals surface area contributed by atoms with Crippen molar-refractivity contribution in [3.05, 3.63) is 41.5 Å². The number of nitrogens with one attached hydrogen (secondary N) is 1. The van der Waals surface area contributed by atoms with Crippen molar-refractivity contribution in [3.63, 3.8) is 0 Å². The molecule has 1 aromatic heterocycles. The van der Waals surface area contributed by atoms with E-state index in [1.807, 2.05) is 32.0 Å². The van der Waals surface area contributed by atoms with E-state index in [9.17, 15) is 9.59 Å². The van der Waals surface area contributed by atoms with E-state index in [0.717, 1.165) is 16.8 Å². The van der Waals surface area contributed by atoms with Crippen LogP contribution in [-0.4, -0.2) is 29.9 Å². The zero-order valence-corrected chi connectivity index (χ0v) is 13.5. The van der Waals surface area contributed by atoms with Crippen LogP contribution in [0.25, 0.3) is 0 Å². The number of rotatable bonds is 3. The third-order valence-electron chi connectivity index (χ3n) is 3.82. The quantitative estimate of drug-likeness (QED) is 0.893. The molecule has 2 aromatic rings. The number of carbonyl (C=O) groups excluding carboxylic acids is 2. The van der Waals surface area contributed by atoms with E-state index in [2.05, 4.69) is 10.3 Å². The lowest BCUT2D eigenvalue weighted by molar-refractivity contribution is -0.123. The molecule has 7 heteroatoms. The van der Waals surface area contributed by atoms with Crippen LogP contribution in [0.3, 0.4) is 0 Å². The number of aromatic nitrogens is 1. The number of fused-ring (bicyclic) bond motifs is 1. The third kappa shape index (κ3) is 3.01. The summed E-state index contributed by atoms with van der Waals surface area (Å²) in [7, 11) is 0. The predicted octanol–water partition coefficient (Wildman–Crippen LogP) is 1.64. The predicted molar refractivity (Wildman–Crippen MR) is 91.0 cm³/mol. The van der Waals surface area contributed by atoms with Gasteiger partial charge in [-0.1, -0.05) is 18.2 Å². The minimum absolute atomic E-state index is 0.130. The monoisotopic (exact) mass is 326 g/mol. The van der Waals surface area contributed by atoms with Crippen LogP contribution in [0.4, 0.5) is 17.3 Å². The van der Waals surface area contributed by atoms with Gasteiger partial charge in [0.1, 0.15) is 12.4 Å². The van der Waals surface area contributed by atoms with E-state index in [0.29, 0.717) is 5.75 Å². The van der Waals surface area contributed by atoms with Gasteiger partial charge in [-0.2, -0.15) is 0 Å². The summed E-state index contributed by atoms with van der Waals surface area (Å²) in [6.07, 6.45) is 0. The Morgan fingerprint density at radius 2 is 2.00 bits per heavy atom. The van der Waals surface area contributed by atoms with Crippen LogP contribution in [-0.2, 0) is 9.59 Å². The Bertz CT molecular complexity index is 799. The average molecular weight is 326 g/mol. The summed E-state index contributed by atoms with van der Waals surface area (Å²) >= 11 is 0. The van der Waals surface area contributed by atoms with Gasteiger partial charge in [-0.15, -0.1) is 0 Å². The van der Waals surface area contributed by atoms with Crippen molar-refractivity contribution in [1.82, 2.24) is 4.98 Å². The van der Waals surface area contributed by atoms with E-state index >= 15 is 0 Å². The molecular formula is C17H18N4O3. The number of benzene rings is 1. The van der Waals surface area contributed by atoms with Gasteiger partial charge < -0.3 is 15.8 Å². The highest BCUT2D eigenvalue weighted by Crippen LogP contribution is 2.30. The first-order chi connectivity index (χ1) is 11.5. The molecule has 24 heavy (non-hydrogen) atoms. The largest absolute Gasteiger partial charge is 0.480 e. The Hall–Kier alpha value is -3.09. The summed E-state index contributed by atoms with van der Waals surface area (Å²) in [5.74, 6) is 0.314. The van der Waals surface area contributed by atoms with Crippen LogP contribution in [0.1, 0.15) is 11.1 Å². The molecule has 7 nitrogen and oxygen atoms in total. The normalized spacial score (nSPS) is 13.2. The highest BCUT2D eigenvalue weighted by molar-refractivity contribution is 6.04. The van der Waals surface area contributed by atoms with Gasteiger partial charge in [-0.3, -0.25) is 14.5 Å². The summed E-state index contributed by atoms with van der Waals surface area (Å²) in [6.45, 7) is 3.55. The molecule has 3 rings (SSSR count). The lowest BCUT2D eigenvalue weighted by atomic mass is 10.1. The summed E-state index contributed by atoms with van der Waals surface area (Å²) in [6, 6.07) is 8.99. The number of hydrogen-bond acceptors (Lipinski definition) is 5. The minimum atomic E-state index is -0.336. The van der Waals surface area contributed by atoms with Crippen LogP contribution < -0.4 is 20.7 Å². The summed E-state index contributed by atoms with van der Waals surface area (Å²) in [4.78, 5) is 30.0. The van der Waals surface area contributed by atoms with Gasteiger partial charge in [0.05, 0.1) is 0 Å². The first-order valence-electron chi connectivity index (χ1n) is 7.51. The fourth-order valence-corrected chi connectivity index (χ4v) is 2.59. The molecule has 3 N–H and O–H groups in total. The number of pyridine rings is 1. The molecule has 0 fully saturated rings. The van der Waals surface area contributed by atoms with Crippen molar-refractivity contribution in [2.24, 2.45) is 0 Å². The first-order valence-corrected chi connectivity index (χ1v) is 7.51. The van der Waals surface area contributed by atoms with Gasteiger partial charge in [0, 0.05) is 5.69 Å². The number of anilines is 3. The SMILES string of the molecule is Cc1cccc(C)c1NC(=O)CN1C(=O)COc2ccc(N)nc21. The molecule has 2 amide bonds. The van der Waals surface area contributed by atoms with Crippen LogP contribution in [0, 0.1) is 13.8 Å². The van der Waals surface area contributed by atoms with Crippen molar-refractivity contribution in [2.75, 3.05) is 29.1 Å². The maximum absolute atomic E-state index is 12.4. The Balaban J connectivity index is 1.82. The topological polar surface area (TPSA) is 97.5 Å². The number of nitrogens with two attached hydrogens (primary N) is 1. The average Bonchev–Trinajstić information content (AvgIpc) is 2.54. The number of carbonyl (C=O) groups is 2. The molecule has 0 bridgehead atoms. The fraction of sp³-hybridized carbons (Fsp3) is 0.235. The molecule has 0 saturated carbocycles. The molecule has 0 saturated heterocycles. The molecule has 2 heterocycles. The van der Waals surface area contributed by atoms with Crippen molar-refractivity contribution in [1.29, 1.82) is 0 Å². The lowest BCUT2D eigenvalue weighted by Crippen LogP contribution is -2.44. The molecule has 0 atom stereocenters. The van der Waals surface area contributed by atoms with E-state index in [4.69, 9.17) is 10.5 Å². The van der Waals surface area contributed by atoms with E-state index in [1.165, 1.54) is 4.90 Å². The van der Waals surface area contributed by atoms with Gasteiger partial charge in [-0.25, -0.2) is 4.98 Å². The molecule has 1 aliphatic heterocycles. The van der Waals surface area contributed by atoms with Crippen molar-refractivity contribution in [2.45, 2.75) is 13.8 Å². The number of para-hydroxylation sites is 1. The molecule has 1 aliphatic rings. The van der Waals surface area contributed by atoms with Crippen molar-refractivity contribution < 1.29 is 14.3 Å². The van der Waals surface area contributed by atoms with E-state index < -0.39 is 0 Å². The lowest BCUT2D eigenvalue weighted by Gasteiger charge is -2.28. The van der Waals surface area contributed by atoms with Crippen LogP contribution in [0.15, 0.2) is 30.3 Å². The van der Waals surface area contributed by atoms with E-state index in [1.54, 1.807) is 12.1 Å². The standard InChI is InChI=1S/C17H18N4O3/c1-10-4-3-5-11(2)16(10)20-14(22)8-21-15(23)9-24-12-6-7-13(18)19-17(12)21/h3-7H,8-9H2,1-2H3,(H2,18,19)(H,20,22). The molecule has 0 unspecified atom stereocenters.